The van der Waals surface area contributed by atoms with Gasteiger partial charge in [0.1, 0.15) is 0 Å². The van der Waals surface area contributed by atoms with Crippen LogP contribution in [-0.2, 0) is 4.79 Å². The van der Waals surface area contributed by atoms with Crippen molar-refractivity contribution in [3.8, 4) is 44.5 Å². The van der Waals surface area contributed by atoms with Gasteiger partial charge in [0.25, 0.3) is 0 Å². The third-order valence-corrected chi connectivity index (χ3v) is 10.5. The van der Waals surface area contributed by atoms with Gasteiger partial charge in [0.2, 0.25) is 5.91 Å². The maximum Gasteiger partial charge on any atom is 0.224 e. The van der Waals surface area contributed by atoms with Crippen molar-refractivity contribution < 1.29 is 4.79 Å². The average molecular weight is 746 g/mol. The van der Waals surface area contributed by atoms with Gasteiger partial charge < -0.3 is 15.3 Å². The Morgan fingerprint density at radius 3 is 1.32 bits per heavy atom. The number of nitrogens with zero attached hydrogens (tertiary/aromatic N) is 2. The molecule has 272 valence electrons. The number of unbranched alkanes of at least 4 members (excludes halogenated alkanes) is 1. The van der Waals surface area contributed by atoms with Crippen LogP contribution in [0.25, 0.3) is 90.9 Å². The molecule has 0 radical (unpaired) electrons. The van der Waals surface area contributed by atoms with Crippen molar-refractivity contribution in [2.75, 3.05) is 11.1 Å². The summed E-state index contributed by atoms with van der Waals surface area (Å²) in [6, 6.07) is 47.7. The van der Waals surface area contributed by atoms with Crippen molar-refractivity contribution in [3.05, 3.63) is 162 Å². The Morgan fingerprint density at radius 1 is 0.482 bits per heavy atom. The Labute approximate surface area is 331 Å². The summed E-state index contributed by atoms with van der Waals surface area (Å²) in [6.45, 7) is 0. The number of thiol groups is 1. The second kappa shape index (κ2) is 15.6. The van der Waals surface area contributed by atoms with E-state index in [2.05, 4.69) is 155 Å². The van der Waals surface area contributed by atoms with Crippen LogP contribution in [0.5, 0.6) is 0 Å². The fourth-order valence-electron chi connectivity index (χ4n) is 7.63. The van der Waals surface area contributed by atoms with Gasteiger partial charge in [-0.15, -0.1) is 0 Å². The van der Waals surface area contributed by atoms with Crippen LogP contribution in [0.4, 0.5) is 5.69 Å². The zero-order valence-electron chi connectivity index (χ0n) is 30.7. The van der Waals surface area contributed by atoms with Gasteiger partial charge >= 0.3 is 0 Å². The van der Waals surface area contributed by atoms with Crippen molar-refractivity contribution in [2.24, 2.45) is 0 Å². The van der Waals surface area contributed by atoms with Crippen molar-refractivity contribution in [1.29, 1.82) is 0 Å². The van der Waals surface area contributed by atoms with Crippen LogP contribution < -0.4 is 5.32 Å². The van der Waals surface area contributed by atoms with Gasteiger partial charge in [0, 0.05) is 62.0 Å². The predicted octanol–water partition coefficient (Wildman–Crippen LogP) is 12.4. The quantitative estimate of drug-likeness (QED) is 0.0876. The molecule has 7 heteroatoms. The normalized spacial score (nSPS) is 11.9. The lowest BCUT2D eigenvalue weighted by Gasteiger charge is -2.12. The monoisotopic (exact) mass is 745 g/mol. The minimum atomic E-state index is -0.0249. The maximum absolute atomic E-state index is 13.3. The van der Waals surface area contributed by atoms with Gasteiger partial charge in [-0.05, 0) is 89.9 Å². The number of rotatable bonds is 9. The maximum atomic E-state index is 13.3. The summed E-state index contributed by atoms with van der Waals surface area (Å²) in [5.74, 6) is 0.729. The third-order valence-electron chi connectivity index (χ3n) is 10.2. The molecule has 0 unspecified atom stereocenters. The number of carbonyl (C=O) groups excluding carboxylic acids is 1. The standard InChI is InChI=1S/C49H39N5OS/c55-45(22-12-13-31-56)54-36-21-11-10-20-35(36)49-43-29-27-41(52-43)47(33-16-6-2-7-17-33)39-25-23-37(50-39)46(32-14-4-1-5-15-32)38-24-26-40(51-38)48(34-18-8-3-9-19-34)42-28-30-44(49)53-42/h1-11,14-21,23-30,50,53,56H,12-13,22,31H2,(H,54,55). The van der Waals surface area contributed by atoms with E-state index in [0.29, 0.717) is 6.42 Å². The second-order valence-corrected chi connectivity index (χ2v) is 14.3. The first-order valence-corrected chi connectivity index (χ1v) is 19.6. The van der Waals surface area contributed by atoms with Crippen molar-refractivity contribution in [2.45, 2.75) is 19.3 Å². The number of hydrogen-bond donors (Lipinski definition) is 4. The smallest absolute Gasteiger partial charge is 0.224 e. The zero-order chi connectivity index (χ0) is 37.8. The number of para-hydroxylation sites is 1. The Hall–Kier alpha value is -6.70. The first-order chi connectivity index (χ1) is 27.6. The highest BCUT2D eigenvalue weighted by Gasteiger charge is 2.20. The lowest BCUT2D eigenvalue weighted by Crippen LogP contribution is -2.12. The summed E-state index contributed by atoms with van der Waals surface area (Å²) in [5, 5.41) is 3.22. The molecular weight excluding hydrogens is 707 g/mol. The van der Waals surface area contributed by atoms with Gasteiger partial charge in [-0.2, -0.15) is 12.6 Å². The summed E-state index contributed by atoms with van der Waals surface area (Å²) in [7, 11) is 0. The van der Waals surface area contributed by atoms with E-state index < -0.39 is 0 Å². The summed E-state index contributed by atoms with van der Waals surface area (Å²) in [6.07, 6.45) is 10.5. The molecular formula is C49H39N5OS. The molecule has 0 atom stereocenters. The zero-order valence-corrected chi connectivity index (χ0v) is 31.6. The molecule has 0 fully saturated rings. The lowest BCUT2D eigenvalue weighted by atomic mass is 10.0. The first-order valence-electron chi connectivity index (χ1n) is 19.0. The predicted molar refractivity (Wildman–Crippen MR) is 237 cm³/mol. The second-order valence-electron chi connectivity index (χ2n) is 13.9. The molecule has 0 saturated carbocycles. The van der Waals surface area contributed by atoms with E-state index in [-0.39, 0.29) is 5.91 Å². The number of aromatic amines is 2. The van der Waals surface area contributed by atoms with Crippen LogP contribution in [0, 0.1) is 0 Å². The molecule has 4 aromatic carbocycles. The number of anilines is 1. The Morgan fingerprint density at radius 2 is 0.875 bits per heavy atom. The molecule has 6 nitrogen and oxygen atoms in total. The molecule has 5 heterocycles. The van der Waals surface area contributed by atoms with Crippen molar-refractivity contribution >= 4 is 70.6 Å². The minimum Gasteiger partial charge on any atom is -0.354 e. The Balaban J connectivity index is 1.40. The van der Waals surface area contributed by atoms with E-state index in [1.54, 1.807) is 0 Å². The molecule has 9 rings (SSSR count). The summed E-state index contributed by atoms with van der Waals surface area (Å²) in [5.41, 5.74) is 15.6. The van der Waals surface area contributed by atoms with Crippen LogP contribution in [0.3, 0.4) is 0 Å². The summed E-state index contributed by atoms with van der Waals surface area (Å²) >= 11 is 4.34. The summed E-state index contributed by atoms with van der Waals surface area (Å²) in [4.78, 5) is 31.6. The van der Waals surface area contributed by atoms with Crippen molar-refractivity contribution in [1.82, 2.24) is 19.9 Å². The van der Waals surface area contributed by atoms with Crippen LogP contribution >= 0.6 is 12.6 Å². The number of benzene rings is 4. The molecule has 0 saturated heterocycles. The van der Waals surface area contributed by atoms with E-state index >= 15 is 0 Å². The third kappa shape index (κ3) is 6.89. The molecule has 2 aliphatic heterocycles. The first kappa shape index (κ1) is 35.0. The van der Waals surface area contributed by atoms with Gasteiger partial charge in [-0.3, -0.25) is 4.79 Å². The number of hydrogen-bond acceptors (Lipinski definition) is 4. The topological polar surface area (TPSA) is 86.5 Å². The molecule has 1 amide bonds. The highest BCUT2D eigenvalue weighted by molar-refractivity contribution is 7.80. The molecule has 2 aliphatic rings. The number of carbonyl (C=O) groups is 1. The molecule has 7 aromatic rings. The van der Waals surface area contributed by atoms with Crippen LogP contribution in [0.1, 0.15) is 42.0 Å². The highest BCUT2D eigenvalue weighted by atomic mass is 32.1. The number of aromatic nitrogens is 4. The van der Waals surface area contributed by atoms with Gasteiger partial charge in [-0.1, -0.05) is 109 Å². The number of nitrogens with one attached hydrogen (secondary N) is 3. The minimum absolute atomic E-state index is 0.0249. The number of H-pyrrole nitrogens is 2. The number of fused-ring (bicyclic) bond motifs is 8. The number of amides is 1. The average Bonchev–Trinajstić information content (AvgIpc) is 4.08. The Bertz CT molecular complexity index is 2760. The van der Waals surface area contributed by atoms with Crippen LogP contribution in [0.2, 0.25) is 0 Å². The molecule has 3 N–H and O–H groups in total. The summed E-state index contributed by atoms with van der Waals surface area (Å²) < 4.78 is 0. The van der Waals surface area contributed by atoms with E-state index in [1.165, 1.54) is 0 Å². The van der Waals surface area contributed by atoms with E-state index in [4.69, 9.17) is 9.97 Å². The molecule has 0 aliphatic carbocycles. The largest absolute Gasteiger partial charge is 0.354 e. The molecule has 56 heavy (non-hydrogen) atoms. The molecule has 3 aromatic heterocycles. The SMILES string of the molecule is O=C(CCCCS)Nc1ccccc1-c1c2nc(c(-c3ccccc3)c3ccc([nH]3)c(-c3ccccc3)c3nc(c(-c4ccccc4)c4ccc1[nH]4)C=C3)C=C2. The van der Waals surface area contributed by atoms with Crippen molar-refractivity contribution in [3.63, 3.8) is 0 Å². The molecule has 8 bridgehead atoms. The van der Waals surface area contributed by atoms with Gasteiger partial charge in [-0.25, -0.2) is 9.97 Å². The van der Waals surface area contributed by atoms with E-state index in [9.17, 15) is 4.79 Å². The highest BCUT2D eigenvalue weighted by Crippen LogP contribution is 2.40. The molecule has 0 spiro atoms. The van der Waals surface area contributed by atoms with E-state index in [1.807, 2.05) is 36.4 Å². The van der Waals surface area contributed by atoms with Gasteiger partial charge in [0.15, 0.2) is 0 Å². The van der Waals surface area contributed by atoms with Crippen LogP contribution in [0.15, 0.2) is 140 Å². The lowest BCUT2D eigenvalue weighted by molar-refractivity contribution is -0.116. The fraction of sp³-hybridized carbons (Fsp3) is 0.0816. The fourth-order valence-corrected chi connectivity index (χ4v) is 7.86. The van der Waals surface area contributed by atoms with Crippen LogP contribution in [-0.4, -0.2) is 31.6 Å². The Kier molecular flexibility index (Phi) is 9.74. The van der Waals surface area contributed by atoms with Gasteiger partial charge in [0.05, 0.1) is 22.8 Å². The van der Waals surface area contributed by atoms with E-state index in [0.717, 1.165) is 114 Å².